The van der Waals surface area contributed by atoms with E-state index in [0.29, 0.717) is 12.2 Å². The molecule has 1 aliphatic heterocycles. The summed E-state index contributed by atoms with van der Waals surface area (Å²) in [5.41, 5.74) is 1.64. The first kappa shape index (κ1) is 17.3. The van der Waals surface area contributed by atoms with E-state index in [2.05, 4.69) is 34.7 Å². The topological polar surface area (TPSA) is 104 Å². The SMILES string of the molecule is COC(=O)Cn1ncc2c(N3CCn4c(nnc4-c4ccccc4)C3)ncnc21. The van der Waals surface area contributed by atoms with Crippen molar-refractivity contribution in [3.05, 3.63) is 48.7 Å². The zero-order chi connectivity index (χ0) is 19.8. The van der Waals surface area contributed by atoms with Gasteiger partial charge in [-0.05, 0) is 0 Å². The molecule has 3 aromatic heterocycles. The number of aromatic nitrogens is 7. The molecule has 29 heavy (non-hydrogen) atoms. The van der Waals surface area contributed by atoms with Crippen LogP contribution >= 0.6 is 0 Å². The Bertz CT molecular complexity index is 1180. The number of hydrogen-bond donors (Lipinski definition) is 0. The number of anilines is 1. The highest BCUT2D eigenvalue weighted by Gasteiger charge is 2.25. The molecule has 0 saturated carbocycles. The van der Waals surface area contributed by atoms with E-state index in [9.17, 15) is 4.79 Å². The predicted octanol–water partition coefficient (Wildman–Crippen LogP) is 1.28. The number of ether oxygens (including phenoxy) is 1. The lowest BCUT2D eigenvalue weighted by Gasteiger charge is -2.29. The molecule has 4 heterocycles. The maximum Gasteiger partial charge on any atom is 0.327 e. The first-order valence-electron chi connectivity index (χ1n) is 9.20. The van der Waals surface area contributed by atoms with Gasteiger partial charge in [-0.3, -0.25) is 4.79 Å². The lowest BCUT2D eigenvalue weighted by molar-refractivity contribution is -0.141. The maximum atomic E-state index is 11.6. The molecule has 5 rings (SSSR count). The van der Waals surface area contributed by atoms with Crippen LogP contribution in [0.2, 0.25) is 0 Å². The second-order valence-corrected chi connectivity index (χ2v) is 6.69. The highest BCUT2D eigenvalue weighted by Crippen LogP contribution is 2.27. The Labute approximate surface area is 165 Å². The molecule has 0 atom stereocenters. The molecule has 146 valence electrons. The van der Waals surface area contributed by atoms with Crippen molar-refractivity contribution in [3.8, 4) is 11.4 Å². The molecule has 0 amide bonds. The Morgan fingerprint density at radius 1 is 1.14 bits per heavy atom. The summed E-state index contributed by atoms with van der Waals surface area (Å²) in [6.07, 6.45) is 3.17. The Kier molecular flexibility index (Phi) is 4.15. The van der Waals surface area contributed by atoms with Crippen LogP contribution in [0, 0.1) is 0 Å². The third-order valence-corrected chi connectivity index (χ3v) is 5.00. The van der Waals surface area contributed by atoms with E-state index < -0.39 is 0 Å². The fourth-order valence-corrected chi connectivity index (χ4v) is 3.57. The molecule has 4 aromatic rings. The summed E-state index contributed by atoms with van der Waals surface area (Å²) in [6, 6.07) is 10.0. The molecule has 0 saturated heterocycles. The van der Waals surface area contributed by atoms with Gasteiger partial charge >= 0.3 is 5.97 Å². The van der Waals surface area contributed by atoms with Gasteiger partial charge in [0, 0.05) is 18.7 Å². The Morgan fingerprint density at radius 3 is 2.83 bits per heavy atom. The summed E-state index contributed by atoms with van der Waals surface area (Å²) >= 11 is 0. The van der Waals surface area contributed by atoms with Crippen LogP contribution in [0.5, 0.6) is 0 Å². The van der Waals surface area contributed by atoms with Crippen molar-refractivity contribution in [2.75, 3.05) is 18.6 Å². The Balaban J connectivity index is 1.46. The van der Waals surface area contributed by atoms with Gasteiger partial charge in [-0.25, -0.2) is 14.6 Å². The van der Waals surface area contributed by atoms with E-state index in [1.165, 1.54) is 18.1 Å². The predicted molar refractivity (Wildman–Crippen MR) is 104 cm³/mol. The number of esters is 1. The molecular weight excluding hydrogens is 372 g/mol. The monoisotopic (exact) mass is 390 g/mol. The van der Waals surface area contributed by atoms with Gasteiger partial charge in [0.15, 0.2) is 17.3 Å². The molecule has 10 nitrogen and oxygen atoms in total. The van der Waals surface area contributed by atoms with Crippen molar-refractivity contribution in [1.82, 2.24) is 34.5 Å². The molecule has 10 heteroatoms. The van der Waals surface area contributed by atoms with Crippen LogP contribution in [0.15, 0.2) is 42.9 Å². The third-order valence-electron chi connectivity index (χ3n) is 5.00. The standard InChI is InChI=1S/C19H18N8O2/c1-29-16(28)11-27-19-14(9-22-27)18(20-12-21-19)25-7-8-26-15(10-25)23-24-17(26)13-5-3-2-4-6-13/h2-6,9,12H,7-8,10-11H2,1H3. The maximum absolute atomic E-state index is 11.6. The third kappa shape index (κ3) is 2.98. The number of methoxy groups -OCH3 is 1. The number of nitrogens with zero attached hydrogens (tertiary/aromatic N) is 8. The van der Waals surface area contributed by atoms with Gasteiger partial charge in [0.1, 0.15) is 18.7 Å². The van der Waals surface area contributed by atoms with E-state index in [1.807, 2.05) is 30.3 Å². The zero-order valence-electron chi connectivity index (χ0n) is 15.8. The first-order valence-corrected chi connectivity index (χ1v) is 9.20. The second kappa shape index (κ2) is 6.97. The van der Waals surface area contributed by atoms with Gasteiger partial charge < -0.3 is 14.2 Å². The van der Waals surface area contributed by atoms with E-state index in [0.717, 1.165) is 41.5 Å². The van der Waals surface area contributed by atoms with Gasteiger partial charge in [-0.1, -0.05) is 30.3 Å². The number of carbonyl (C=O) groups is 1. The number of fused-ring (bicyclic) bond motifs is 2. The minimum Gasteiger partial charge on any atom is -0.468 e. The van der Waals surface area contributed by atoms with Crippen LogP contribution in [-0.4, -0.2) is 54.1 Å². The zero-order valence-corrected chi connectivity index (χ0v) is 15.8. The quantitative estimate of drug-likeness (QED) is 0.480. The summed E-state index contributed by atoms with van der Waals surface area (Å²) in [6.45, 7) is 2.08. The van der Waals surface area contributed by atoms with Crippen molar-refractivity contribution < 1.29 is 9.53 Å². The minimum absolute atomic E-state index is 0.00517. The smallest absolute Gasteiger partial charge is 0.327 e. The van der Waals surface area contributed by atoms with Crippen LogP contribution in [0.4, 0.5) is 5.82 Å². The largest absolute Gasteiger partial charge is 0.468 e. The van der Waals surface area contributed by atoms with Crippen molar-refractivity contribution in [1.29, 1.82) is 0 Å². The van der Waals surface area contributed by atoms with E-state index in [4.69, 9.17) is 4.74 Å². The van der Waals surface area contributed by atoms with Gasteiger partial charge in [0.05, 0.1) is 25.2 Å². The first-order chi connectivity index (χ1) is 14.2. The van der Waals surface area contributed by atoms with Crippen molar-refractivity contribution >= 4 is 22.8 Å². The summed E-state index contributed by atoms with van der Waals surface area (Å²) in [7, 11) is 1.35. The highest BCUT2D eigenvalue weighted by molar-refractivity contribution is 5.87. The summed E-state index contributed by atoms with van der Waals surface area (Å²) in [4.78, 5) is 22.5. The van der Waals surface area contributed by atoms with E-state index in [1.54, 1.807) is 6.20 Å². The van der Waals surface area contributed by atoms with E-state index >= 15 is 0 Å². The van der Waals surface area contributed by atoms with Gasteiger partial charge in [-0.2, -0.15) is 5.10 Å². The summed E-state index contributed by atoms with van der Waals surface area (Å²) in [5, 5.41) is 13.8. The molecule has 0 N–H and O–H groups in total. The molecule has 0 unspecified atom stereocenters. The Hall–Kier alpha value is -3.82. The highest BCUT2D eigenvalue weighted by atomic mass is 16.5. The molecule has 1 aliphatic rings. The van der Waals surface area contributed by atoms with Crippen molar-refractivity contribution in [3.63, 3.8) is 0 Å². The minimum atomic E-state index is -0.380. The lowest BCUT2D eigenvalue weighted by atomic mass is 10.2. The van der Waals surface area contributed by atoms with Gasteiger partial charge in [0.25, 0.3) is 0 Å². The average Bonchev–Trinajstić information content (AvgIpc) is 3.38. The molecule has 0 radical (unpaired) electrons. The summed E-state index contributed by atoms with van der Waals surface area (Å²) in [5.74, 6) is 2.14. The molecule has 0 fully saturated rings. The molecular formula is C19H18N8O2. The normalized spacial score (nSPS) is 13.5. The fourth-order valence-electron chi connectivity index (χ4n) is 3.57. The van der Waals surface area contributed by atoms with Crippen LogP contribution in [0.3, 0.4) is 0 Å². The van der Waals surface area contributed by atoms with Crippen LogP contribution in [0.25, 0.3) is 22.4 Å². The second-order valence-electron chi connectivity index (χ2n) is 6.69. The molecule has 0 bridgehead atoms. The van der Waals surface area contributed by atoms with Crippen LogP contribution in [0.1, 0.15) is 5.82 Å². The van der Waals surface area contributed by atoms with E-state index in [-0.39, 0.29) is 12.5 Å². The van der Waals surface area contributed by atoms with Gasteiger partial charge in [-0.15, -0.1) is 10.2 Å². The number of benzene rings is 1. The van der Waals surface area contributed by atoms with Crippen LogP contribution in [-0.2, 0) is 29.2 Å². The fraction of sp³-hybridized carbons (Fsp3) is 0.263. The number of hydrogen-bond acceptors (Lipinski definition) is 8. The molecule has 0 aliphatic carbocycles. The Morgan fingerprint density at radius 2 is 2.00 bits per heavy atom. The number of rotatable bonds is 4. The van der Waals surface area contributed by atoms with Crippen LogP contribution < -0.4 is 4.90 Å². The molecule has 1 aromatic carbocycles. The van der Waals surface area contributed by atoms with Gasteiger partial charge in [0.2, 0.25) is 0 Å². The average molecular weight is 390 g/mol. The lowest BCUT2D eigenvalue weighted by Crippen LogP contribution is -2.34. The van der Waals surface area contributed by atoms with Crippen molar-refractivity contribution in [2.45, 2.75) is 19.6 Å². The number of carbonyl (C=O) groups excluding carboxylic acids is 1. The summed E-state index contributed by atoms with van der Waals surface area (Å²) < 4.78 is 8.39. The van der Waals surface area contributed by atoms with Crippen molar-refractivity contribution in [2.24, 2.45) is 0 Å². The molecule has 0 spiro atoms.